The van der Waals surface area contributed by atoms with Crippen LogP contribution in [0.1, 0.15) is 11.3 Å². The molecule has 26 heavy (non-hydrogen) atoms. The number of aromatic nitrogens is 1. The first kappa shape index (κ1) is 16.1. The van der Waals surface area contributed by atoms with E-state index in [1.807, 2.05) is 24.3 Å². The standard InChI is InChI=1S/C20H13F2N3O/c21-16-9-8-13(11-17(16)22)24-19-15-6-1-2-7-18(15)25(20(19)26)12-14-5-3-4-10-23-14/h1-11H,12H2. The van der Waals surface area contributed by atoms with Gasteiger partial charge in [-0.1, -0.05) is 24.3 Å². The van der Waals surface area contributed by atoms with Crippen LogP contribution in [0.5, 0.6) is 0 Å². The van der Waals surface area contributed by atoms with Gasteiger partial charge < -0.3 is 4.90 Å². The Hall–Kier alpha value is -3.41. The summed E-state index contributed by atoms with van der Waals surface area (Å²) in [5, 5.41) is 0. The molecule has 0 atom stereocenters. The average molecular weight is 349 g/mol. The quantitative estimate of drug-likeness (QED) is 0.717. The molecular weight excluding hydrogens is 336 g/mol. The van der Waals surface area contributed by atoms with Crippen LogP contribution in [0, 0.1) is 11.6 Å². The first-order valence-electron chi connectivity index (χ1n) is 7.98. The van der Waals surface area contributed by atoms with Gasteiger partial charge in [0.05, 0.1) is 23.6 Å². The van der Waals surface area contributed by atoms with Crippen molar-refractivity contribution in [2.24, 2.45) is 4.99 Å². The fourth-order valence-corrected chi connectivity index (χ4v) is 2.86. The maximum atomic E-state index is 13.5. The summed E-state index contributed by atoms with van der Waals surface area (Å²) in [7, 11) is 0. The smallest absolute Gasteiger partial charge is 0.277 e. The van der Waals surface area contributed by atoms with Gasteiger partial charge in [-0.25, -0.2) is 13.8 Å². The molecule has 1 aromatic heterocycles. The van der Waals surface area contributed by atoms with E-state index >= 15 is 0 Å². The van der Waals surface area contributed by atoms with Gasteiger partial charge in [-0.2, -0.15) is 0 Å². The average Bonchev–Trinajstić information content (AvgIpc) is 2.92. The van der Waals surface area contributed by atoms with Gasteiger partial charge in [0.15, 0.2) is 11.6 Å². The van der Waals surface area contributed by atoms with Gasteiger partial charge in [0.1, 0.15) is 5.71 Å². The van der Waals surface area contributed by atoms with Gasteiger partial charge in [0, 0.05) is 17.8 Å². The molecule has 0 saturated carbocycles. The zero-order valence-electron chi connectivity index (χ0n) is 13.6. The molecular formula is C20H13F2N3O. The van der Waals surface area contributed by atoms with Crippen molar-refractivity contribution in [3.8, 4) is 0 Å². The second kappa shape index (κ2) is 6.48. The molecule has 2 aromatic carbocycles. The Balaban J connectivity index is 1.76. The fraction of sp³-hybridized carbons (Fsp3) is 0.0500. The number of hydrogen-bond donors (Lipinski definition) is 0. The second-order valence-electron chi connectivity index (χ2n) is 5.79. The Morgan fingerprint density at radius 2 is 1.77 bits per heavy atom. The monoisotopic (exact) mass is 349 g/mol. The zero-order chi connectivity index (χ0) is 18.1. The first-order valence-corrected chi connectivity index (χ1v) is 7.98. The maximum absolute atomic E-state index is 13.5. The molecule has 2 heterocycles. The van der Waals surface area contributed by atoms with Crippen LogP contribution in [0.2, 0.25) is 0 Å². The van der Waals surface area contributed by atoms with Crippen molar-refractivity contribution in [2.75, 3.05) is 4.90 Å². The number of carbonyl (C=O) groups excluding carboxylic acids is 1. The van der Waals surface area contributed by atoms with Crippen molar-refractivity contribution < 1.29 is 13.6 Å². The molecule has 0 unspecified atom stereocenters. The van der Waals surface area contributed by atoms with E-state index in [-0.39, 0.29) is 17.3 Å². The second-order valence-corrected chi connectivity index (χ2v) is 5.79. The van der Waals surface area contributed by atoms with Crippen molar-refractivity contribution in [3.63, 3.8) is 0 Å². The van der Waals surface area contributed by atoms with Gasteiger partial charge in [-0.15, -0.1) is 0 Å². The van der Waals surface area contributed by atoms with Crippen LogP contribution in [-0.2, 0) is 11.3 Å². The van der Waals surface area contributed by atoms with Gasteiger partial charge in [0.2, 0.25) is 0 Å². The highest BCUT2D eigenvalue weighted by Gasteiger charge is 2.33. The number of carbonyl (C=O) groups is 1. The Morgan fingerprint density at radius 1 is 0.962 bits per heavy atom. The van der Waals surface area contributed by atoms with E-state index in [9.17, 15) is 13.6 Å². The number of hydrogen-bond acceptors (Lipinski definition) is 3. The third kappa shape index (κ3) is 2.86. The SMILES string of the molecule is O=C1C(=Nc2ccc(F)c(F)c2)c2ccccc2N1Cc1ccccn1. The highest BCUT2D eigenvalue weighted by molar-refractivity contribution is 6.54. The number of pyridine rings is 1. The number of para-hydroxylation sites is 1. The topological polar surface area (TPSA) is 45.6 Å². The van der Waals surface area contributed by atoms with Crippen LogP contribution in [0.3, 0.4) is 0 Å². The molecule has 128 valence electrons. The van der Waals surface area contributed by atoms with Crippen molar-refractivity contribution >= 4 is 23.0 Å². The normalized spacial score (nSPS) is 14.8. The predicted octanol–water partition coefficient (Wildman–Crippen LogP) is 4.03. The highest BCUT2D eigenvalue weighted by Crippen LogP contribution is 2.32. The van der Waals surface area contributed by atoms with Crippen LogP contribution in [0.15, 0.2) is 71.9 Å². The van der Waals surface area contributed by atoms with Crippen molar-refractivity contribution in [2.45, 2.75) is 6.54 Å². The molecule has 0 aliphatic carbocycles. The molecule has 3 aromatic rings. The number of fused-ring (bicyclic) bond motifs is 1. The fourth-order valence-electron chi connectivity index (χ4n) is 2.86. The predicted molar refractivity (Wildman–Crippen MR) is 94.4 cm³/mol. The van der Waals surface area contributed by atoms with E-state index in [2.05, 4.69) is 9.98 Å². The summed E-state index contributed by atoms with van der Waals surface area (Å²) in [6.07, 6.45) is 1.66. The first-order chi connectivity index (χ1) is 12.6. The summed E-state index contributed by atoms with van der Waals surface area (Å²) in [6, 6.07) is 16.0. The molecule has 0 saturated heterocycles. The molecule has 0 bridgehead atoms. The number of benzene rings is 2. The van der Waals surface area contributed by atoms with E-state index in [1.54, 1.807) is 29.3 Å². The summed E-state index contributed by atoms with van der Waals surface area (Å²) in [5.74, 6) is -2.26. The van der Waals surface area contributed by atoms with Gasteiger partial charge in [-0.3, -0.25) is 9.78 Å². The number of aliphatic imine (C=N–C) groups is 1. The third-order valence-corrected chi connectivity index (χ3v) is 4.09. The van der Waals surface area contributed by atoms with E-state index in [1.165, 1.54) is 6.07 Å². The Kier molecular flexibility index (Phi) is 4.01. The van der Waals surface area contributed by atoms with E-state index < -0.39 is 11.6 Å². The van der Waals surface area contributed by atoms with Crippen LogP contribution >= 0.6 is 0 Å². The minimum absolute atomic E-state index is 0.182. The highest BCUT2D eigenvalue weighted by atomic mass is 19.2. The lowest BCUT2D eigenvalue weighted by Gasteiger charge is -2.16. The lowest BCUT2D eigenvalue weighted by Crippen LogP contribution is -2.29. The minimum Gasteiger partial charge on any atom is -0.300 e. The molecule has 4 rings (SSSR count). The van der Waals surface area contributed by atoms with Crippen molar-refractivity contribution in [1.29, 1.82) is 0 Å². The molecule has 1 amide bonds. The molecule has 0 N–H and O–H groups in total. The molecule has 4 nitrogen and oxygen atoms in total. The number of halogens is 2. The summed E-state index contributed by atoms with van der Waals surface area (Å²) >= 11 is 0. The van der Waals surface area contributed by atoms with Crippen LogP contribution in [-0.4, -0.2) is 16.6 Å². The lowest BCUT2D eigenvalue weighted by molar-refractivity contribution is -0.112. The minimum atomic E-state index is -1.00. The van der Waals surface area contributed by atoms with Gasteiger partial charge in [0.25, 0.3) is 5.91 Å². The molecule has 1 aliphatic heterocycles. The Labute approximate surface area is 148 Å². The van der Waals surface area contributed by atoms with Crippen molar-refractivity contribution in [3.05, 3.63) is 89.8 Å². The lowest BCUT2D eigenvalue weighted by atomic mass is 10.1. The van der Waals surface area contributed by atoms with Crippen LogP contribution < -0.4 is 4.90 Å². The van der Waals surface area contributed by atoms with E-state index in [4.69, 9.17) is 0 Å². The van der Waals surface area contributed by atoms with Gasteiger partial charge >= 0.3 is 0 Å². The Bertz CT molecular complexity index is 1020. The molecule has 0 fully saturated rings. The third-order valence-electron chi connectivity index (χ3n) is 4.09. The summed E-state index contributed by atoms with van der Waals surface area (Å²) in [6.45, 7) is 0.299. The van der Waals surface area contributed by atoms with Gasteiger partial charge in [-0.05, 0) is 30.3 Å². The molecule has 6 heteroatoms. The molecule has 0 radical (unpaired) electrons. The van der Waals surface area contributed by atoms with Crippen LogP contribution in [0.25, 0.3) is 0 Å². The summed E-state index contributed by atoms with van der Waals surface area (Å²) in [4.78, 5) is 23.0. The summed E-state index contributed by atoms with van der Waals surface area (Å²) in [5.41, 5.74) is 2.48. The van der Waals surface area contributed by atoms with E-state index in [0.717, 1.165) is 17.8 Å². The van der Waals surface area contributed by atoms with Crippen LogP contribution in [0.4, 0.5) is 20.2 Å². The number of amides is 1. The zero-order valence-corrected chi connectivity index (χ0v) is 13.6. The Morgan fingerprint density at radius 3 is 2.54 bits per heavy atom. The maximum Gasteiger partial charge on any atom is 0.277 e. The number of rotatable bonds is 3. The van der Waals surface area contributed by atoms with E-state index in [0.29, 0.717) is 17.8 Å². The van der Waals surface area contributed by atoms with Crippen molar-refractivity contribution in [1.82, 2.24) is 4.98 Å². The largest absolute Gasteiger partial charge is 0.300 e. The summed E-state index contributed by atoms with van der Waals surface area (Å²) < 4.78 is 26.6. The molecule has 1 aliphatic rings. The molecule has 0 spiro atoms. The number of nitrogens with zero attached hydrogens (tertiary/aromatic N) is 3. The number of anilines is 1.